The van der Waals surface area contributed by atoms with Crippen molar-refractivity contribution in [2.24, 2.45) is 0 Å². The summed E-state index contributed by atoms with van der Waals surface area (Å²) in [5, 5.41) is 0. The molecular weight excluding hydrogens is 172 g/mol. The van der Waals surface area contributed by atoms with Gasteiger partial charge in [0.2, 0.25) is 0 Å². The minimum absolute atomic E-state index is 1.02. The van der Waals surface area contributed by atoms with Gasteiger partial charge < -0.3 is 0 Å². The highest BCUT2D eigenvalue weighted by atomic mass is 14.8. The zero-order valence-corrected chi connectivity index (χ0v) is 8.36. The quantitative estimate of drug-likeness (QED) is 0.681. The van der Waals surface area contributed by atoms with E-state index in [1.165, 1.54) is 5.56 Å². The Hall–Kier alpha value is -1.70. The molecule has 1 aromatic heterocycles. The van der Waals surface area contributed by atoms with Gasteiger partial charge in [-0.25, -0.2) is 9.97 Å². The minimum atomic E-state index is 1.02. The topological polar surface area (TPSA) is 25.8 Å². The summed E-state index contributed by atoms with van der Waals surface area (Å²) >= 11 is 0. The lowest BCUT2D eigenvalue weighted by Crippen LogP contribution is -1.89. The molecule has 0 fully saturated rings. The van der Waals surface area contributed by atoms with Crippen LogP contribution in [-0.4, -0.2) is 9.97 Å². The minimum Gasteiger partial charge on any atom is -0.245 e. The normalized spacial score (nSPS) is 10.1. The zero-order valence-electron chi connectivity index (χ0n) is 8.36. The van der Waals surface area contributed by atoms with Gasteiger partial charge in [0.05, 0.1) is 5.69 Å². The SMILES string of the molecule is Cc1cccc(-c2ncncc2C)c1. The van der Waals surface area contributed by atoms with Crippen molar-refractivity contribution in [3.05, 3.63) is 47.9 Å². The van der Waals surface area contributed by atoms with Gasteiger partial charge >= 0.3 is 0 Å². The molecule has 0 amide bonds. The van der Waals surface area contributed by atoms with Crippen LogP contribution in [0.15, 0.2) is 36.8 Å². The van der Waals surface area contributed by atoms with Gasteiger partial charge in [-0.2, -0.15) is 0 Å². The largest absolute Gasteiger partial charge is 0.245 e. The second-order valence-corrected chi connectivity index (χ2v) is 3.42. The van der Waals surface area contributed by atoms with E-state index in [1.54, 1.807) is 6.33 Å². The van der Waals surface area contributed by atoms with Crippen molar-refractivity contribution >= 4 is 0 Å². The lowest BCUT2D eigenvalue weighted by molar-refractivity contribution is 1.13. The van der Waals surface area contributed by atoms with Crippen LogP contribution >= 0.6 is 0 Å². The third-order valence-electron chi connectivity index (χ3n) is 2.19. The Labute approximate surface area is 83.7 Å². The second kappa shape index (κ2) is 3.58. The Kier molecular flexibility index (Phi) is 2.27. The Balaban J connectivity index is 2.55. The molecule has 0 aliphatic heterocycles. The molecule has 0 aliphatic carbocycles. The lowest BCUT2D eigenvalue weighted by atomic mass is 10.1. The molecule has 2 rings (SSSR count). The highest BCUT2D eigenvalue weighted by Gasteiger charge is 2.02. The van der Waals surface area contributed by atoms with Crippen LogP contribution in [0.5, 0.6) is 0 Å². The highest BCUT2D eigenvalue weighted by Crippen LogP contribution is 2.20. The van der Waals surface area contributed by atoms with E-state index in [4.69, 9.17) is 0 Å². The average Bonchev–Trinajstić information content (AvgIpc) is 2.18. The molecule has 1 heterocycles. The summed E-state index contributed by atoms with van der Waals surface area (Å²) in [5.74, 6) is 0. The first-order valence-corrected chi connectivity index (χ1v) is 4.61. The van der Waals surface area contributed by atoms with Crippen LogP contribution in [0.25, 0.3) is 11.3 Å². The average molecular weight is 184 g/mol. The first-order chi connectivity index (χ1) is 6.77. The number of aryl methyl sites for hydroxylation is 2. The lowest BCUT2D eigenvalue weighted by Gasteiger charge is -2.04. The fourth-order valence-corrected chi connectivity index (χ4v) is 1.49. The van der Waals surface area contributed by atoms with Crippen LogP contribution in [0.3, 0.4) is 0 Å². The van der Waals surface area contributed by atoms with E-state index in [2.05, 4.69) is 35.1 Å². The van der Waals surface area contributed by atoms with Crippen molar-refractivity contribution in [3.8, 4) is 11.3 Å². The molecule has 0 radical (unpaired) electrons. The summed E-state index contributed by atoms with van der Waals surface area (Å²) in [7, 11) is 0. The summed E-state index contributed by atoms with van der Waals surface area (Å²) in [6.07, 6.45) is 3.43. The van der Waals surface area contributed by atoms with Crippen LogP contribution < -0.4 is 0 Å². The Morgan fingerprint density at radius 3 is 2.71 bits per heavy atom. The summed E-state index contributed by atoms with van der Waals surface area (Å²) < 4.78 is 0. The van der Waals surface area contributed by atoms with Crippen molar-refractivity contribution in [2.45, 2.75) is 13.8 Å². The number of rotatable bonds is 1. The third-order valence-corrected chi connectivity index (χ3v) is 2.19. The van der Waals surface area contributed by atoms with Gasteiger partial charge in [0.15, 0.2) is 0 Å². The van der Waals surface area contributed by atoms with Crippen LogP contribution in [-0.2, 0) is 0 Å². The van der Waals surface area contributed by atoms with Gasteiger partial charge in [-0.3, -0.25) is 0 Å². The highest BCUT2D eigenvalue weighted by molar-refractivity contribution is 5.62. The number of hydrogen-bond acceptors (Lipinski definition) is 2. The van der Waals surface area contributed by atoms with Crippen LogP contribution in [0, 0.1) is 13.8 Å². The molecule has 0 bridgehead atoms. The maximum atomic E-state index is 4.28. The summed E-state index contributed by atoms with van der Waals surface area (Å²) in [5.41, 5.74) is 4.53. The molecule has 0 spiro atoms. The van der Waals surface area contributed by atoms with E-state index in [0.29, 0.717) is 0 Å². The number of aromatic nitrogens is 2. The zero-order chi connectivity index (χ0) is 9.97. The van der Waals surface area contributed by atoms with E-state index < -0.39 is 0 Å². The van der Waals surface area contributed by atoms with Crippen molar-refractivity contribution < 1.29 is 0 Å². The first-order valence-electron chi connectivity index (χ1n) is 4.61. The molecule has 0 unspecified atom stereocenters. The van der Waals surface area contributed by atoms with Crippen molar-refractivity contribution in [1.82, 2.24) is 9.97 Å². The number of hydrogen-bond donors (Lipinski definition) is 0. The van der Waals surface area contributed by atoms with Crippen molar-refractivity contribution in [3.63, 3.8) is 0 Å². The Morgan fingerprint density at radius 2 is 2.00 bits per heavy atom. The predicted octanol–water partition coefficient (Wildman–Crippen LogP) is 2.76. The van der Waals surface area contributed by atoms with Gasteiger partial charge in [0, 0.05) is 11.8 Å². The second-order valence-electron chi connectivity index (χ2n) is 3.42. The van der Waals surface area contributed by atoms with E-state index in [-0.39, 0.29) is 0 Å². The van der Waals surface area contributed by atoms with E-state index >= 15 is 0 Å². The molecule has 0 saturated carbocycles. The molecule has 0 N–H and O–H groups in total. The van der Waals surface area contributed by atoms with Crippen molar-refractivity contribution in [1.29, 1.82) is 0 Å². The summed E-state index contributed by atoms with van der Waals surface area (Å²) in [6, 6.07) is 8.34. The molecule has 2 heteroatoms. The van der Waals surface area contributed by atoms with Crippen LogP contribution in [0.1, 0.15) is 11.1 Å². The van der Waals surface area contributed by atoms with E-state index in [0.717, 1.165) is 16.8 Å². The monoisotopic (exact) mass is 184 g/mol. The number of benzene rings is 1. The van der Waals surface area contributed by atoms with Crippen LogP contribution in [0.4, 0.5) is 0 Å². The molecule has 1 aromatic carbocycles. The maximum absolute atomic E-state index is 4.28. The van der Waals surface area contributed by atoms with E-state index in [9.17, 15) is 0 Å². The molecule has 2 nitrogen and oxygen atoms in total. The molecule has 70 valence electrons. The molecule has 14 heavy (non-hydrogen) atoms. The first kappa shape index (κ1) is 8.88. The molecule has 0 saturated heterocycles. The van der Waals surface area contributed by atoms with Gasteiger partial charge in [-0.15, -0.1) is 0 Å². The van der Waals surface area contributed by atoms with Gasteiger partial charge in [0.1, 0.15) is 6.33 Å². The molecular formula is C12H12N2. The smallest absolute Gasteiger partial charge is 0.116 e. The van der Waals surface area contributed by atoms with Gasteiger partial charge in [-0.05, 0) is 25.5 Å². The number of nitrogens with zero attached hydrogens (tertiary/aromatic N) is 2. The maximum Gasteiger partial charge on any atom is 0.116 e. The van der Waals surface area contributed by atoms with Crippen LogP contribution in [0.2, 0.25) is 0 Å². The molecule has 2 aromatic rings. The fourth-order valence-electron chi connectivity index (χ4n) is 1.49. The van der Waals surface area contributed by atoms with Gasteiger partial charge in [-0.1, -0.05) is 23.8 Å². The summed E-state index contributed by atoms with van der Waals surface area (Å²) in [6.45, 7) is 4.11. The molecule has 0 atom stereocenters. The van der Waals surface area contributed by atoms with E-state index in [1.807, 2.05) is 19.2 Å². The van der Waals surface area contributed by atoms with Crippen molar-refractivity contribution in [2.75, 3.05) is 0 Å². The fraction of sp³-hybridized carbons (Fsp3) is 0.167. The standard InChI is InChI=1S/C12H12N2/c1-9-4-3-5-11(6-9)12-10(2)7-13-8-14-12/h3-8H,1-2H3. The Bertz CT molecular complexity index is 450. The predicted molar refractivity (Wildman–Crippen MR) is 56.9 cm³/mol. The van der Waals surface area contributed by atoms with Gasteiger partial charge in [0.25, 0.3) is 0 Å². The Morgan fingerprint density at radius 1 is 1.14 bits per heavy atom. The molecule has 0 aliphatic rings. The summed E-state index contributed by atoms with van der Waals surface area (Å²) in [4.78, 5) is 8.26. The third kappa shape index (κ3) is 1.64.